The number of para-hydroxylation sites is 1. The molecule has 0 saturated carbocycles. The van der Waals surface area contributed by atoms with Crippen LogP contribution in [0.1, 0.15) is 36.5 Å². The molecule has 3 aromatic carbocycles. The van der Waals surface area contributed by atoms with Gasteiger partial charge in [0.15, 0.2) is 0 Å². The third-order valence-electron chi connectivity index (χ3n) is 6.27. The van der Waals surface area contributed by atoms with Crippen LogP contribution >= 0.6 is 0 Å². The molecule has 184 valence electrons. The number of rotatable bonds is 8. The first-order chi connectivity index (χ1) is 17.2. The van der Waals surface area contributed by atoms with E-state index >= 15 is 0 Å². The van der Waals surface area contributed by atoms with Crippen LogP contribution in [-0.4, -0.2) is 36.3 Å². The van der Waals surface area contributed by atoms with Gasteiger partial charge in [0.05, 0.1) is 11.4 Å². The van der Waals surface area contributed by atoms with E-state index in [-0.39, 0.29) is 42.3 Å². The van der Waals surface area contributed by atoms with Crippen LogP contribution in [0.25, 0.3) is 0 Å². The summed E-state index contributed by atoms with van der Waals surface area (Å²) in [4.78, 5) is 45.1. The molecule has 0 fully saturated rings. The Hall–Kier alpha value is -4.00. The molecule has 0 N–H and O–H groups in total. The van der Waals surface area contributed by atoms with Crippen LogP contribution in [0.2, 0.25) is 0 Å². The summed E-state index contributed by atoms with van der Waals surface area (Å²) < 4.78 is 26.9. The van der Waals surface area contributed by atoms with Crippen molar-refractivity contribution in [1.29, 1.82) is 0 Å². The second-order valence-corrected chi connectivity index (χ2v) is 9.04. The number of hydrogen-bond donors (Lipinski definition) is 0. The van der Waals surface area contributed by atoms with Gasteiger partial charge >= 0.3 is 0 Å². The van der Waals surface area contributed by atoms with E-state index in [0.717, 1.165) is 29.3 Å². The minimum atomic E-state index is -0.944. The Morgan fingerprint density at radius 2 is 1.61 bits per heavy atom. The van der Waals surface area contributed by atoms with Crippen molar-refractivity contribution in [2.75, 3.05) is 11.9 Å². The highest BCUT2D eigenvalue weighted by Gasteiger charge is 2.32. The molecular formula is C29H26F2N2O3. The molecule has 1 aliphatic heterocycles. The first kappa shape index (κ1) is 25.1. The number of likely N-dealkylation sites (N-methyl/N-ethyl adjacent to an activating group) is 1. The van der Waals surface area contributed by atoms with Gasteiger partial charge in [0.25, 0.3) is 5.91 Å². The molecule has 0 saturated heterocycles. The second-order valence-electron chi connectivity index (χ2n) is 9.04. The molecular weight excluding hydrogens is 462 g/mol. The largest absolute Gasteiger partial charge is 0.313 e. The normalized spacial score (nSPS) is 16.1. The average molecular weight is 489 g/mol. The van der Waals surface area contributed by atoms with Gasteiger partial charge in [-0.3, -0.25) is 19.4 Å². The number of benzene rings is 3. The molecule has 5 nitrogen and oxygen atoms in total. The minimum Gasteiger partial charge on any atom is -0.313 e. The number of ketones is 2. The summed E-state index contributed by atoms with van der Waals surface area (Å²) in [7, 11) is 1.66. The summed E-state index contributed by atoms with van der Waals surface area (Å²) in [5, 5.41) is 0. The highest BCUT2D eigenvalue weighted by molar-refractivity contribution is 6.20. The van der Waals surface area contributed by atoms with E-state index in [4.69, 9.17) is 4.99 Å². The molecule has 0 bridgehead atoms. The van der Waals surface area contributed by atoms with Gasteiger partial charge in [-0.05, 0) is 23.8 Å². The molecule has 0 aromatic heterocycles. The number of carbonyl (C=O) groups is 3. The first-order valence-corrected chi connectivity index (χ1v) is 11.7. The molecule has 0 aliphatic carbocycles. The lowest BCUT2D eigenvalue weighted by Gasteiger charge is -2.20. The second kappa shape index (κ2) is 10.7. The molecule has 0 unspecified atom stereocenters. The van der Waals surface area contributed by atoms with Gasteiger partial charge in [0.2, 0.25) is 0 Å². The fourth-order valence-corrected chi connectivity index (χ4v) is 4.41. The molecule has 0 radical (unpaired) electrons. The summed E-state index contributed by atoms with van der Waals surface area (Å²) in [6.07, 6.45) is -0.428. The maximum atomic E-state index is 13.4. The predicted octanol–water partition coefficient (Wildman–Crippen LogP) is 4.94. The molecule has 36 heavy (non-hydrogen) atoms. The van der Waals surface area contributed by atoms with E-state index in [1.54, 1.807) is 14.0 Å². The van der Waals surface area contributed by atoms with Crippen molar-refractivity contribution in [1.82, 2.24) is 0 Å². The number of anilines is 1. The third-order valence-corrected chi connectivity index (χ3v) is 6.27. The lowest BCUT2D eigenvalue weighted by Crippen LogP contribution is -2.37. The summed E-state index contributed by atoms with van der Waals surface area (Å²) >= 11 is 0. The number of aliphatic imine (C=N–C) groups is 1. The van der Waals surface area contributed by atoms with Crippen LogP contribution in [0, 0.1) is 17.6 Å². The third kappa shape index (κ3) is 5.62. The van der Waals surface area contributed by atoms with Crippen molar-refractivity contribution >= 4 is 28.9 Å². The van der Waals surface area contributed by atoms with Crippen LogP contribution in [0.5, 0.6) is 0 Å². The zero-order valence-electron chi connectivity index (χ0n) is 20.1. The smallest absolute Gasteiger partial charge is 0.252 e. The van der Waals surface area contributed by atoms with Crippen molar-refractivity contribution < 1.29 is 23.2 Å². The summed E-state index contributed by atoms with van der Waals surface area (Å²) in [5.74, 6) is -3.09. The molecule has 4 rings (SSSR count). The fourth-order valence-electron chi connectivity index (χ4n) is 4.41. The quantitative estimate of drug-likeness (QED) is 0.451. The SMILES string of the molecule is C[C@@H](CC(=O)Cc1cc(F)cc(F)c1)C(=O)C[C@H]1N=C(c2ccccc2)c2ccccc2N(C)C1=O. The Morgan fingerprint density at radius 3 is 2.31 bits per heavy atom. The number of fused-ring (bicyclic) bond motifs is 1. The van der Waals surface area contributed by atoms with Crippen LogP contribution in [-0.2, 0) is 20.8 Å². The highest BCUT2D eigenvalue weighted by atomic mass is 19.1. The number of benzodiazepines with no additional fused rings is 1. The van der Waals surface area contributed by atoms with Crippen molar-refractivity contribution in [3.05, 3.63) is 101 Å². The van der Waals surface area contributed by atoms with Crippen LogP contribution in [0.3, 0.4) is 0 Å². The van der Waals surface area contributed by atoms with Gasteiger partial charge in [-0.25, -0.2) is 8.78 Å². The van der Waals surface area contributed by atoms with E-state index < -0.39 is 23.6 Å². The Labute approximate surface area is 208 Å². The molecule has 1 amide bonds. The molecule has 3 aromatic rings. The van der Waals surface area contributed by atoms with Crippen molar-refractivity contribution in [3.8, 4) is 0 Å². The van der Waals surface area contributed by atoms with Gasteiger partial charge in [-0.1, -0.05) is 55.5 Å². The summed E-state index contributed by atoms with van der Waals surface area (Å²) in [6.45, 7) is 1.62. The van der Waals surface area contributed by atoms with Gasteiger partial charge in [-0.2, -0.15) is 0 Å². The zero-order chi connectivity index (χ0) is 25.8. The standard InChI is InChI=1S/C29H26F2N2O3/c1-18(12-23(34)15-19-13-21(30)16-22(31)14-19)27(35)17-25-29(36)33(2)26-11-7-6-10-24(26)28(32-25)20-8-4-3-5-9-20/h3-11,13-14,16,18,25H,12,15,17H2,1-2H3/t18-,25+/m0/s1. The van der Waals surface area contributed by atoms with Gasteiger partial charge in [0.1, 0.15) is 29.2 Å². The highest BCUT2D eigenvalue weighted by Crippen LogP contribution is 2.29. The maximum Gasteiger partial charge on any atom is 0.252 e. The Kier molecular flexibility index (Phi) is 7.48. The van der Waals surface area contributed by atoms with Crippen LogP contribution in [0.4, 0.5) is 14.5 Å². The van der Waals surface area contributed by atoms with E-state index in [2.05, 4.69) is 0 Å². The zero-order valence-corrected chi connectivity index (χ0v) is 20.1. The van der Waals surface area contributed by atoms with E-state index in [0.29, 0.717) is 11.4 Å². The minimum absolute atomic E-state index is 0.0940. The molecule has 0 spiro atoms. The van der Waals surface area contributed by atoms with E-state index in [9.17, 15) is 23.2 Å². The van der Waals surface area contributed by atoms with Crippen LogP contribution in [0.15, 0.2) is 77.8 Å². The number of Topliss-reactive ketones (excluding diaryl/α,β-unsaturated/α-hetero) is 2. The summed E-state index contributed by atoms with van der Waals surface area (Å²) in [6, 6.07) is 18.9. The number of hydrogen-bond acceptors (Lipinski definition) is 4. The fraction of sp³-hybridized carbons (Fsp3) is 0.241. The molecule has 2 atom stereocenters. The molecule has 1 heterocycles. The van der Waals surface area contributed by atoms with Gasteiger partial charge < -0.3 is 4.90 Å². The molecule has 1 aliphatic rings. The van der Waals surface area contributed by atoms with Crippen LogP contribution < -0.4 is 4.90 Å². The van der Waals surface area contributed by atoms with Gasteiger partial charge in [-0.15, -0.1) is 0 Å². The topological polar surface area (TPSA) is 66.8 Å². The van der Waals surface area contributed by atoms with Crippen molar-refractivity contribution in [2.45, 2.75) is 32.2 Å². The summed E-state index contributed by atoms with van der Waals surface area (Å²) in [5.41, 5.74) is 3.16. The lowest BCUT2D eigenvalue weighted by molar-refractivity contribution is -0.129. The molecule has 7 heteroatoms. The first-order valence-electron chi connectivity index (χ1n) is 11.7. The van der Waals surface area contributed by atoms with Crippen molar-refractivity contribution in [2.24, 2.45) is 10.9 Å². The Morgan fingerprint density at radius 1 is 0.972 bits per heavy atom. The number of halogens is 2. The number of carbonyl (C=O) groups excluding carboxylic acids is 3. The Balaban J connectivity index is 1.53. The monoisotopic (exact) mass is 488 g/mol. The number of amides is 1. The average Bonchev–Trinajstić information content (AvgIpc) is 2.94. The Bertz CT molecular complexity index is 1320. The van der Waals surface area contributed by atoms with Gasteiger partial charge in [0, 0.05) is 49.4 Å². The number of nitrogens with zero attached hydrogens (tertiary/aromatic N) is 2. The predicted molar refractivity (Wildman–Crippen MR) is 134 cm³/mol. The van der Waals surface area contributed by atoms with Crippen molar-refractivity contribution in [3.63, 3.8) is 0 Å². The van der Waals surface area contributed by atoms with E-state index in [1.165, 1.54) is 4.90 Å². The lowest BCUT2D eigenvalue weighted by atomic mass is 9.92. The maximum absolute atomic E-state index is 13.4. The van der Waals surface area contributed by atoms with E-state index in [1.807, 2.05) is 54.6 Å².